The third-order valence-corrected chi connectivity index (χ3v) is 8.15. The van der Waals surface area contributed by atoms with Crippen LogP contribution in [0.25, 0.3) is 10.6 Å². The van der Waals surface area contributed by atoms with E-state index < -0.39 is 0 Å². The first kappa shape index (κ1) is 23.6. The Hall–Kier alpha value is -2.56. The number of carbonyl (C=O) groups excluding carboxylic acids is 1. The second-order valence-corrected chi connectivity index (χ2v) is 9.97. The monoisotopic (exact) mass is 473 g/mol. The van der Waals surface area contributed by atoms with Crippen LogP contribution in [-0.4, -0.2) is 76.6 Å². The van der Waals surface area contributed by atoms with Crippen LogP contribution in [0.3, 0.4) is 0 Å². The summed E-state index contributed by atoms with van der Waals surface area (Å²) >= 11 is 1.78. The van der Waals surface area contributed by atoms with Gasteiger partial charge in [-0.15, -0.1) is 11.3 Å². The molecule has 0 aliphatic carbocycles. The highest BCUT2D eigenvalue weighted by Crippen LogP contribution is 2.46. The molecule has 3 aliphatic heterocycles. The Bertz CT molecular complexity index is 972. The zero-order valence-electron chi connectivity index (χ0n) is 18.9. The van der Waals surface area contributed by atoms with Crippen LogP contribution in [0.5, 0.6) is 0 Å². The summed E-state index contributed by atoms with van der Waals surface area (Å²) in [6.45, 7) is 3.13. The number of likely N-dealkylation sites (tertiary alicyclic amines) is 2. The Kier molecular flexibility index (Phi) is 7.26. The lowest BCUT2D eigenvalue weighted by molar-refractivity contribution is -0.141. The molecule has 33 heavy (non-hydrogen) atoms. The van der Waals surface area contributed by atoms with Crippen molar-refractivity contribution in [2.75, 3.05) is 39.0 Å². The number of carboxylic acid groups (broad SMARTS) is 1. The van der Waals surface area contributed by atoms with Crippen LogP contribution in [0.4, 0.5) is 5.82 Å². The van der Waals surface area contributed by atoms with E-state index in [0.29, 0.717) is 24.2 Å². The third-order valence-electron chi connectivity index (χ3n) is 6.94. The molecule has 10 heteroatoms. The number of amides is 1. The van der Waals surface area contributed by atoms with Gasteiger partial charge >= 0.3 is 0 Å². The fraction of sp³-hybridized carbons (Fsp3) is 0.565. The standard InChI is InChI=1S/C22H29N5O2S.CH2O2/c1-26-7-2-3-15(26)11-21(28)27-8-5-22(6-9-27)16-12-19(30-18(16)4-10-29-22)17-13-25-20(23)14-24-17;2-1-3/h12-15H,2-11H2,1H3,(H2,23,25);1H,(H,2,3). The van der Waals surface area contributed by atoms with Gasteiger partial charge in [0.15, 0.2) is 0 Å². The van der Waals surface area contributed by atoms with E-state index in [1.54, 1.807) is 23.7 Å². The number of carbonyl (C=O) groups is 2. The van der Waals surface area contributed by atoms with E-state index in [2.05, 4.69) is 28.0 Å². The van der Waals surface area contributed by atoms with Crippen molar-refractivity contribution in [2.45, 2.75) is 50.2 Å². The molecule has 0 radical (unpaired) electrons. The number of nitrogens with two attached hydrogens (primary N) is 1. The van der Waals surface area contributed by atoms with Crippen molar-refractivity contribution < 1.29 is 19.4 Å². The number of hydrogen-bond donors (Lipinski definition) is 2. The average molecular weight is 474 g/mol. The predicted molar refractivity (Wildman–Crippen MR) is 126 cm³/mol. The summed E-state index contributed by atoms with van der Waals surface area (Å²) in [7, 11) is 2.13. The Morgan fingerprint density at radius 1 is 1.33 bits per heavy atom. The zero-order valence-corrected chi connectivity index (χ0v) is 19.7. The minimum Gasteiger partial charge on any atom is -0.483 e. The molecule has 5 heterocycles. The molecule has 1 spiro atoms. The Balaban J connectivity index is 0.000000821. The van der Waals surface area contributed by atoms with Gasteiger partial charge in [-0.25, -0.2) is 9.97 Å². The maximum absolute atomic E-state index is 12.9. The van der Waals surface area contributed by atoms with Crippen molar-refractivity contribution in [2.24, 2.45) is 0 Å². The number of nitrogens with zero attached hydrogens (tertiary/aromatic N) is 4. The predicted octanol–water partition coefficient (Wildman–Crippen LogP) is 2.36. The van der Waals surface area contributed by atoms with Gasteiger partial charge in [0.25, 0.3) is 6.47 Å². The molecule has 0 bridgehead atoms. The molecule has 2 saturated heterocycles. The number of rotatable bonds is 3. The summed E-state index contributed by atoms with van der Waals surface area (Å²) in [5.74, 6) is 0.725. The summed E-state index contributed by atoms with van der Waals surface area (Å²) < 4.78 is 6.38. The highest BCUT2D eigenvalue weighted by atomic mass is 32.1. The van der Waals surface area contributed by atoms with E-state index in [4.69, 9.17) is 20.4 Å². The molecule has 5 rings (SSSR count). The fourth-order valence-corrected chi connectivity index (χ4v) is 6.30. The van der Waals surface area contributed by atoms with E-state index in [9.17, 15) is 4.79 Å². The first-order chi connectivity index (χ1) is 16.0. The number of hydrogen-bond acceptors (Lipinski definition) is 8. The molecule has 9 nitrogen and oxygen atoms in total. The molecule has 1 atom stereocenters. The molecule has 0 saturated carbocycles. The van der Waals surface area contributed by atoms with Crippen molar-refractivity contribution in [1.82, 2.24) is 19.8 Å². The van der Waals surface area contributed by atoms with Gasteiger partial charge < -0.3 is 25.4 Å². The zero-order chi connectivity index (χ0) is 23.4. The number of nitrogen functional groups attached to an aromatic ring is 1. The van der Waals surface area contributed by atoms with Crippen molar-refractivity contribution in [1.29, 1.82) is 0 Å². The molecule has 2 fully saturated rings. The number of ether oxygens (including phenoxy) is 1. The molecular formula is C23H31N5O4S. The van der Waals surface area contributed by atoms with Crippen LogP contribution in [0, 0.1) is 0 Å². The molecule has 3 N–H and O–H groups in total. The lowest BCUT2D eigenvalue weighted by Gasteiger charge is -2.44. The van der Waals surface area contributed by atoms with Gasteiger partial charge in [-0.05, 0) is 50.9 Å². The quantitative estimate of drug-likeness (QED) is 0.652. The number of anilines is 1. The van der Waals surface area contributed by atoms with Gasteiger partial charge in [0.1, 0.15) is 5.82 Å². The van der Waals surface area contributed by atoms with Gasteiger partial charge in [0, 0.05) is 36.9 Å². The molecule has 178 valence electrons. The van der Waals surface area contributed by atoms with E-state index in [0.717, 1.165) is 62.5 Å². The summed E-state index contributed by atoms with van der Waals surface area (Å²) in [6, 6.07) is 2.64. The van der Waals surface area contributed by atoms with E-state index in [1.807, 2.05) is 4.90 Å². The minimum atomic E-state index is -0.273. The first-order valence-corrected chi connectivity index (χ1v) is 12.2. The summed E-state index contributed by atoms with van der Waals surface area (Å²) in [4.78, 5) is 36.7. The van der Waals surface area contributed by atoms with Crippen LogP contribution < -0.4 is 5.73 Å². The largest absolute Gasteiger partial charge is 0.483 e. The first-order valence-electron chi connectivity index (χ1n) is 11.4. The molecule has 1 unspecified atom stereocenters. The molecule has 0 aromatic carbocycles. The smallest absolute Gasteiger partial charge is 0.290 e. The molecule has 2 aromatic rings. The van der Waals surface area contributed by atoms with E-state index in [-0.39, 0.29) is 12.1 Å². The SMILES string of the molecule is CN1CCCC1CC(=O)N1CCC2(CC1)OCCc1sc(-c3cnc(N)cn3)cc12.O=CO. The number of aromatic nitrogens is 2. The molecular weight excluding hydrogens is 442 g/mol. The topological polar surface area (TPSA) is 122 Å². The highest BCUT2D eigenvalue weighted by molar-refractivity contribution is 7.15. The second kappa shape index (κ2) is 10.1. The van der Waals surface area contributed by atoms with Crippen molar-refractivity contribution in [3.05, 3.63) is 28.9 Å². The van der Waals surface area contributed by atoms with E-state index >= 15 is 0 Å². The van der Waals surface area contributed by atoms with Gasteiger partial charge in [0.05, 0.1) is 35.2 Å². The van der Waals surface area contributed by atoms with Crippen LogP contribution in [-0.2, 0) is 26.3 Å². The average Bonchev–Trinajstić information content (AvgIpc) is 3.43. The van der Waals surface area contributed by atoms with Gasteiger partial charge in [-0.3, -0.25) is 9.59 Å². The molecule has 1 amide bonds. The number of fused-ring (bicyclic) bond motifs is 2. The summed E-state index contributed by atoms with van der Waals surface area (Å²) in [5.41, 5.74) is 7.55. The van der Waals surface area contributed by atoms with Crippen molar-refractivity contribution >= 4 is 29.5 Å². The summed E-state index contributed by atoms with van der Waals surface area (Å²) in [5, 5.41) is 6.89. The van der Waals surface area contributed by atoms with Gasteiger partial charge in [-0.1, -0.05) is 0 Å². The minimum absolute atomic E-state index is 0.250. The fourth-order valence-electron chi connectivity index (χ4n) is 5.11. The maximum Gasteiger partial charge on any atom is 0.290 e. The third kappa shape index (κ3) is 5.02. The summed E-state index contributed by atoms with van der Waals surface area (Å²) in [6.07, 6.45) is 8.97. The molecule has 3 aliphatic rings. The second-order valence-electron chi connectivity index (χ2n) is 8.83. The van der Waals surface area contributed by atoms with Crippen molar-refractivity contribution in [3.8, 4) is 10.6 Å². The van der Waals surface area contributed by atoms with Gasteiger partial charge in [-0.2, -0.15) is 0 Å². The van der Waals surface area contributed by atoms with Crippen molar-refractivity contribution in [3.63, 3.8) is 0 Å². The Labute approximate surface area is 197 Å². The Morgan fingerprint density at radius 2 is 2.09 bits per heavy atom. The lowest BCUT2D eigenvalue weighted by atomic mass is 9.82. The Morgan fingerprint density at radius 3 is 2.73 bits per heavy atom. The van der Waals surface area contributed by atoms with Crippen LogP contribution in [0.1, 0.15) is 42.5 Å². The maximum atomic E-state index is 12.9. The van der Waals surface area contributed by atoms with Crippen LogP contribution in [0.15, 0.2) is 18.5 Å². The molecule has 2 aromatic heterocycles. The van der Waals surface area contributed by atoms with Gasteiger partial charge in [0.2, 0.25) is 5.91 Å². The number of thiophene rings is 1. The number of piperidine rings is 1. The van der Waals surface area contributed by atoms with E-state index in [1.165, 1.54) is 16.9 Å². The highest BCUT2D eigenvalue weighted by Gasteiger charge is 2.43. The van der Waals surface area contributed by atoms with Crippen LogP contribution >= 0.6 is 11.3 Å². The van der Waals surface area contributed by atoms with Crippen LogP contribution in [0.2, 0.25) is 0 Å². The lowest BCUT2D eigenvalue weighted by Crippen LogP contribution is -2.48. The normalized spacial score (nSPS) is 21.8.